The van der Waals surface area contributed by atoms with Crippen LogP contribution in [-0.2, 0) is 0 Å². The lowest BCUT2D eigenvalue weighted by Crippen LogP contribution is -2.41. The lowest BCUT2D eigenvalue weighted by molar-refractivity contribution is 0.720. The monoisotopic (exact) mass is 274 g/mol. The number of thioether (sulfide) groups is 1. The Hall–Kier alpha value is -1.49. The molecular formula is C14H18N4S. The van der Waals surface area contributed by atoms with Crippen LogP contribution in [-0.4, -0.2) is 33.6 Å². The van der Waals surface area contributed by atoms with Gasteiger partial charge in [0.25, 0.3) is 0 Å². The fourth-order valence-electron chi connectivity index (χ4n) is 2.66. The smallest absolute Gasteiger partial charge is 0.140 e. The molecule has 1 saturated heterocycles. The van der Waals surface area contributed by atoms with Gasteiger partial charge in [-0.1, -0.05) is 13.8 Å². The third kappa shape index (κ3) is 2.47. The van der Waals surface area contributed by atoms with Crippen molar-refractivity contribution in [2.75, 3.05) is 23.7 Å². The molecule has 1 aliphatic rings. The molecule has 4 nitrogen and oxygen atoms in total. The van der Waals surface area contributed by atoms with E-state index < -0.39 is 0 Å². The highest BCUT2D eigenvalue weighted by Gasteiger charge is 2.24. The topological polar surface area (TPSA) is 55.0 Å². The molecule has 0 spiro atoms. The van der Waals surface area contributed by atoms with Crippen LogP contribution in [0.2, 0.25) is 0 Å². The van der Waals surface area contributed by atoms with E-state index in [1.165, 1.54) is 0 Å². The average Bonchev–Trinajstić information content (AvgIpc) is 2.36. The van der Waals surface area contributed by atoms with Gasteiger partial charge in [-0.25, -0.2) is 9.97 Å². The minimum atomic E-state index is 0.620. The van der Waals surface area contributed by atoms with Crippen molar-refractivity contribution in [2.24, 2.45) is 0 Å². The highest BCUT2D eigenvalue weighted by Crippen LogP contribution is 2.31. The third-order valence-electron chi connectivity index (χ3n) is 3.36. The third-order valence-corrected chi connectivity index (χ3v) is 4.58. The van der Waals surface area contributed by atoms with Gasteiger partial charge in [0.1, 0.15) is 12.1 Å². The van der Waals surface area contributed by atoms with Gasteiger partial charge in [0.15, 0.2) is 0 Å². The van der Waals surface area contributed by atoms with Crippen molar-refractivity contribution in [3.05, 3.63) is 24.5 Å². The van der Waals surface area contributed by atoms with Crippen molar-refractivity contribution >= 4 is 34.2 Å². The Bertz CT molecular complexity index is 591. The van der Waals surface area contributed by atoms with Crippen LogP contribution in [0.15, 0.2) is 24.5 Å². The summed E-state index contributed by atoms with van der Waals surface area (Å²) in [4.78, 5) is 11.2. The summed E-state index contributed by atoms with van der Waals surface area (Å²) in [5, 5.41) is 2.29. The summed E-state index contributed by atoms with van der Waals surface area (Å²) in [6.45, 7) is 6.59. The van der Waals surface area contributed by atoms with Gasteiger partial charge < -0.3 is 10.6 Å². The number of hydrogen-bond acceptors (Lipinski definition) is 5. The fraction of sp³-hybridized carbons (Fsp3) is 0.429. The first-order valence-corrected chi connectivity index (χ1v) is 7.48. The van der Waals surface area contributed by atoms with E-state index in [4.69, 9.17) is 5.73 Å². The number of nitrogen functional groups attached to an aromatic ring is 1. The van der Waals surface area contributed by atoms with Crippen molar-refractivity contribution in [1.82, 2.24) is 9.97 Å². The second-order valence-electron chi connectivity index (χ2n) is 5.14. The largest absolute Gasteiger partial charge is 0.399 e. The van der Waals surface area contributed by atoms with Crippen LogP contribution in [0.3, 0.4) is 0 Å². The first kappa shape index (κ1) is 12.5. The van der Waals surface area contributed by atoms with Crippen LogP contribution in [0, 0.1) is 0 Å². The van der Waals surface area contributed by atoms with Gasteiger partial charge in [-0.3, -0.25) is 0 Å². The average molecular weight is 274 g/mol. The van der Waals surface area contributed by atoms with Gasteiger partial charge in [-0.15, -0.1) is 0 Å². The number of fused-ring (bicyclic) bond motifs is 1. The van der Waals surface area contributed by atoms with Crippen LogP contribution >= 0.6 is 11.8 Å². The zero-order valence-corrected chi connectivity index (χ0v) is 12.0. The van der Waals surface area contributed by atoms with E-state index in [9.17, 15) is 0 Å². The summed E-state index contributed by atoms with van der Waals surface area (Å²) in [6.07, 6.45) is 1.64. The molecule has 0 saturated carbocycles. The molecule has 2 unspecified atom stereocenters. The molecule has 1 aliphatic heterocycles. The molecule has 2 aromatic rings. The first-order chi connectivity index (χ1) is 9.13. The number of hydrogen-bond donors (Lipinski definition) is 1. The minimum Gasteiger partial charge on any atom is -0.399 e. The van der Waals surface area contributed by atoms with Gasteiger partial charge >= 0.3 is 0 Å². The Morgan fingerprint density at radius 2 is 1.95 bits per heavy atom. The second kappa shape index (κ2) is 4.89. The van der Waals surface area contributed by atoms with Crippen LogP contribution in [0.4, 0.5) is 11.5 Å². The molecule has 5 heteroatoms. The summed E-state index contributed by atoms with van der Waals surface area (Å²) in [5.74, 6) is 1.01. The predicted octanol–water partition coefficient (Wildman–Crippen LogP) is 2.54. The Labute approximate surface area is 117 Å². The molecule has 0 amide bonds. The van der Waals surface area contributed by atoms with Crippen molar-refractivity contribution in [2.45, 2.75) is 24.3 Å². The summed E-state index contributed by atoms with van der Waals surface area (Å²) in [7, 11) is 0. The van der Waals surface area contributed by atoms with Crippen LogP contribution in [0.5, 0.6) is 0 Å². The van der Waals surface area contributed by atoms with Gasteiger partial charge in [-0.2, -0.15) is 11.8 Å². The van der Waals surface area contributed by atoms with E-state index >= 15 is 0 Å². The molecule has 2 atom stereocenters. The van der Waals surface area contributed by atoms with Gasteiger partial charge in [0, 0.05) is 34.7 Å². The summed E-state index contributed by atoms with van der Waals surface area (Å²) >= 11 is 2.04. The van der Waals surface area contributed by atoms with E-state index in [2.05, 4.69) is 28.7 Å². The summed E-state index contributed by atoms with van der Waals surface area (Å²) < 4.78 is 0. The molecule has 0 radical (unpaired) electrons. The Morgan fingerprint density at radius 1 is 1.21 bits per heavy atom. The predicted molar refractivity (Wildman–Crippen MR) is 82.7 cm³/mol. The van der Waals surface area contributed by atoms with E-state index in [0.29, 0.717) is 10.5 Å². The Morgan fingerprint density at radius 3 is 2.68 bits per heavy atom. The van der Waals surface area contributed by atoms with Gasteiger partial charge in [0.2, 0.25) is 0 Å². The lowest BCUT2D eigenvalue weighted by Gasteiger charge is -2.35. The van der Waals surface area contributed by atoms with Crippen LogP contribution in [0.1, 0.15) is 13.8 Å². The fourth-order valence-corrected chi connectivity index (χ4v) is 3.99. The highest BCUT2D eigenvalue weighted by atomic mass is 32.2. The van der Waals surface area contributed by atoms with Gasteiger partial charge in [-0.05, 0) is 18.2 Å². The van der Waals surface area contributed by atoms with Gasteiger partial charge in [0.05, 0.1) is 5.52 Å². The number of anilines is 2. The molecule has 0 bridgehead atoms. The van der Waals surface area contributed by atoms with E-state index in [-0.39, 0.29) is 0 Å². The number of nitrogens with two attached hydrogens (primary N) is 1. The van der Waals surface area contributed by atoms with Crippen molar-refractivity contribution in [3.63, 3.8) is 0 Å². The molecule has 2 heterocycles. The normalized spacial score (nSPS) is 23.8. The maximum Gasteiger partial charge on any atom is 0.140 e. The van der Waals surface area contributed by atoms with Crippen molar-refractivity contribution in [3.8, 4) is 0 Å². The molecule has 1 aromatic carbocycles. The summed E-state index contributed by atoms with van der Waals surface area (Å²) in [6, 6.07) is 5.82. The summed E-state index contributed by atoms with van der Waals surface area (Å²) in [5.41, 5.74) is 7.62. The molecular weight excluding hydrogens is 256 g/mol. The minimum absolute atomic E-state index is 0.620. The van der Waals surface area contributed by atoms with Crippen molar-refractivity contribution < 1.29 is 0 Å². The molecule has 100 valence electrons. The molecule has 1 aromatic heterocycles. The number of benzene rings is 1. The van der Waals surface area contributed by atoms with E-state index in [1.807, 2.05) is 30.0 Å². The molecule has 19 heavy (non-hydrogen) atoms. The van der Waals surface area contributed by atoms with Crippen LogP contribution < -0.4 is 10.6 Å². The van der Waals surface area contributed by atoms with E-state index in [1.54, 1.807) is 6.33 Å². The van der Waals surface area contributed by atoms with Crippen molar-refractivity contribution in [1.29, 1.82) is 0 Å². The number of rotatable bonds is 1. The molecule has 3 rings (SSSR count). The zero-order valence-electron chi connectivity index (χ0n) is 11.2. The molecule has 2 N–H and O–H groups in total. The Balaban J connectivity index is 2.06. The quantitative estimate of drug-likeness (QED) is 0.810. The first-order valence-electron chi connectivity index (χ1n) is 6.54. The number of nitrogens with zero attached hydrogens (tertiary/aromatic N) is 3. The second-order valence-corrected chi connectivity index (χ2v) is 7.02. The maximum absolute atomic E-state index is 5.90. The number of aromatic nitrogens is 2. The lowest BCUT2D eigenvalue weighted by atomic mass is 10.2. The van der Waals surface area contributed by atoms with E-state index in [0.717, 1.165) is 35.5 Å². The highest BCUT2D eigenvalue weighted by molar-refractivity contribution is 8.00. The van der Waals surface area contributed by atoms with Crippen LogP contribution in [0.25, 0.3) is 10.9 Å². The standard InChI is InChI=1S/C14H18N4S/c1-9-6-18(7-10(2)19-9)14-12-5-11(15)3-4-13(12)16-8-17-14/h3-5,8-10H,6-7,15H2,1-2H3. The zero-order chi connectivity index (χ0) is 13.4. The maximum atomic E-state index is 5.90. The molecule has 1 fully saturated rings. The Kier molecular flexibility index (Phi) is 3.22. The SMILES string of the molecule is CC1CN(c2ncnc3ccc(N)cc23)CC(C)S1. The molecule has 0 aliphatic carbocycles.